The van der Waals surface area contributed by atoms with E-state index in [4.69, 9.17) is 18.9 Å². The molecule has 0 saturated heterocycles. The molecular formula is C21H24N2O6. The number of carbonyl (C=O) groups excluding carboxylic acids is 2. The van der Waals surface area contributed by atoms with Crippen LogP contribution in [0, 0.1) is 6.92 Å². The Morgan fingerprint density at radius 1 is 0.966 bits per heavy atom. The van der Waals surface area contributed by atoms with Gasteiger partial charge in [-0.25, -0.2) is 0 Å². The first kappa shape index (κ1) is 21.6. The van der Waals surface area contributed by atoms with Gasteiger partial charge in [0.05, 0.1) is 21.3 Å². The largest absolute Gasteiger partial charge is 0.493 e. The van der Waals surface area contributed by atoms with E-state index < -0.39 is 11.8 Å². The first-order valence-electron chi connectivity index (χ1n) is 8.73. The Kier molecular flexibility index (Phi) is 7.90. The summed E-state index contributed by atoms with van der Waals surface area (Å²) in [5.74, 6) is 0.969. The lowest BCUT2D eigenvalue weighted by atomic mass is 10.1. The van der Waals surface area contributed by atoms with Gasteiger partial charge in [-0.3, -0.25) is 20.4 Å². The molecule has 8 heteroatoms. The van der Waals surface area contributed by atoms with Gasteiger partial charge in [0.2, 0.25) is 5.75 Å². The number of ether oxygens (including phenoxy) is 4. The molecule has 0 aromatic heterocycles. The second-order valence-corrected chi connectivity index (χ2v) is 5.93. The van der Waals surface area contributed by atoms with Crippen LogP contribution in [0.4, 0.5) is 0 Å². The van der Waals surface area contributed by atoms with Gasteiger partial charge < -0.3 is 18.9 Å². The van der Waals surface area contributed by atoms with Crippen molar-refractivity contribution in [3.05, 3.63) is 53.6 Å². The summed E-state index contributed by atoms with van der Waals surface area (Å²) in [6.45, 7) is 1.70. The number of carbonyl (C=O) groups is 2. The normalized spacial score (nSPS) is 10.3. The van der Waals surface area contributed by atoms with Crippen LogP contribution in [0.1, 0.15) is 11.1 Å². The fourth-order valence-corrected chi connectivity index (χ4v) is 2.43. The van der Waals surface area contributed by atoms with Gasteiger partial charge in [0.25, 0.3) is 11.8 Å². The number of aryl methyl sites for hydroxylation is 1. The minimum atomic E-state index is -0.511. The third-order valence-corrected chi connectivity index (χ3v) is 3.80. The molecule has 0 spiro atoms. The standard InChI is InChI=1S/C21H24N2O6/c1-14-6-5-7-16(10-14)29-13-20(25)23-22-19(24)9-8-15-11-17(26-2)21(28-4)18(12-15)27-3/h5-12H,13H2,1-4H3,(H,22,24)(H,23,25)/b9-8+. The summed E-state index contributed by atoms with van der Waals surface area (Å²) in [4.78, 5) is 23.7. The number of hydrazine groups is 1. The molecule has 0 aliphatic carbocycles. The Morgan fingerprint density at radius 3 is 2.24 bits per heavy atom. The van der Waals surface area contributed by atoms with Crippen LogP contribution in [0.2, 0.25) is 0 Å². The van der Waals surface area contributed by atoms with E-state index in [1.54, 1.807) is 24.3 Å². The van der Waals surface area contributed by atoms with E-state index in [1.165, 1.54) is 27.4 Å². The van der Waals surface area contributed by atoms with Gasteiger partial charge in [-0.1, -0.05) is 12.1 Å². The Morgan fingerprint density at radius 2 is 1.66 bits per heavy atom. The van der Waals surface area contributed by atoms with Crippen LogP contribution < -0.4 is 29.8 Å². The van der Waals surface area contributed by atoms with Gasteiger partial charge in [0, 0.05) is 6.08 Å². The Balaban J connectivity index is 1.88. The summed E-state index contributed by atoms with van der Waals surface area (Å²) in [7, 11) is 4.52. The Bertz CT molecular complexity index is 869. The van der Waals surface area contributed by atoms with E-state index in [0.717, 1.165) is 5.56 Å². The molecule has 2 aromatic rings. The third-order valence-electron chi connectivity index (χ3n) is 3.80. The number of amides is 2. The summed E-state index contributed by atoms with van der Waals surface area (Å²) in [6, 6.07) is 10.7. The van der Waals surface area contributed by atoms with Crippen LogP contribution >= 0.6 is 0 Å². The number of methoxy groups -OCH3 is 3. The zero-order valence-corrected chi connectivity index (χ0v) is 16.8. The van der Waals surface area contributed by atoms with Crippen LogP contribution in [-0.2, 0) is 9.59 Å². The molecule has 0 aliphatic heterocycles. The molecule has 154 valence electrons. The van der Waals surface area contributed by atoms with Crippen LogP contribution in [0.15, 0.2) is 42.5 Å². The first-order chi connectivity index (χ1) is 14.0. The van der Waals surface area contributed by atoms with E-state index in [9.17, 15) is 9.59 Å². The van der Waals surface area contributed by atoms with Crippen molar-refractivity contribution in [1.82, 2.24) is 10.9 Å². The maximum atomic E-state index is 11.9. The second-order valence-electron chi connectivity index (χ2n) is 5.93. The summed E-state index contributed by atoms with van der Waals surface area (Å²) < 4.78 is 21.1. The molecule has 0 unspecified atom stereocenters. The molecule has 0 radical (unpaired) electrons. The smallest absolute Gasteiger partial charge is 0.276 e. The first-order valence-corrected chi connectivity index (χ1v) is 8.73. The number of hydrogen-bond donors (Lipinski definition) is 2. The van der Waals surface area contributed by atoms with Gasteiger partial charge in [0.1, 0.15) is 5.75 Å². The van der Waals surface area contributed by atoms with Crippen molar-refractivity contribution in [1.29, 1.82) is 0 Å². The van der Waals surface area contributed by atoms with Crippen molar-refractivity contribution in [3.8, 4) is 23.0 Å². The van der Waals surface area contributed by atoms with Crippen molar-refractivity contribution in [2.24, 2.45) is 0 Å². The van der Waals surface area contributed by atoms with Crippen molar-refractivity contribution in [3.63, 3.8) is 0 Å². The number of rotatable bonds is 8. The molecule has 2 N–H and O–H groups in total. The summed E-state index contributed by atoms with van der Waals surface area (Å²) in [5.41, 5.74) is 6.25. The summed E-state index contributed by atoms with van der Waals surface area (Å²) in [6.07, 6.45) is 2.82. The van der Waals surface area contributed by atoms with Crippen molar-refractivity contribution in [2.75, 3.05) is 27.9 Å². The maximum Gasteiger partial charge on any atom is 0.276 e. The van der Waals surface area contributed by atoms with Crippen LogP contribution in [0.5, 0.6) is 23.0 Å². The van der Waals surface area contributed by atoms with Crippen molar-refractivity contribution in [2.45, 2.75) is 6.92 Å². The fraction of sp³-hybridized carbons (Fsp3) is 0.238. The molecule has 0 fully saturated rings. The number of nitrogens with one attached hydrogen (secondary N) is 2. The quantitative estimate of drug-likeness (QED) is 0.521. The van der Waals surface area contributed by atoms with Crippen molar-refractivity contribution < 1.29 is 28.5 Å². The van der Waals surface area contributed by atoms with E-state index in [2.05, 4.69) is 10.9 Å². The molecule has 0 heterocycles. The van der Waals surface area contributed by atoms with Crippen molar-refractivity contribution >= 4 is 17.9 Å². The van der Waals surface area contributed by atoms with Gasteiger partial charge in [-0.2, -0.15) is 0 Å². The van der Waals surface area contributed by atoms with Crippen LogP contribution in [0.25, 0.3) is 6.08 Å². The molecule has 0 atom stereocenters. The topological polar surface area (TPSA) is 95.1 Å². The zero-order chi connectivity index (χ0) is 21.2. The lowest BCUT2D eigenvalue weighted by Gasteiger charge is -2.12. The Hall–Kier alpha value is -3.68. The average molecular weight is 400 g/mol. The highest BCUT2D eigenvalue weighted by Crippen LogP contribution is 2.38. The summed E-state index contributed by atoms with van der Waals surface area (Å²) in [5, 5.41) is 0. The molecule has 0 saturated carbocycles. The van der Waals surface area contributed by atoms with Gasteiger partial charge in [-0.05, 0) is 48.4 Å². The molecule has 0 aliphatic rings. The highest BCUT2D eigenvalue weighted by atomic mass is 16.5. The monoisotopic (exact) mass is 400 g/mol. The number of hydrogen-bond acceptors (Lipinski definition) is 6. The highest BCUT2D eigenvalue weighted by Gasteiger charge is 2.12. The average Bonchev–Trinajstić information content (AvgIpc) is 2.73. The van der Waals surface area contributed by atoms with Crippen LogP contribution in [0.3, 0.4) is 0 Å². The SMILES string of the molecule is COc1cc(/C=C/C(=O)NNC(=O)COc2cccc(C)c2)cc(OC)c1OC. The minimum absolute atomic E-state index is 0.222. The van der Waals surface area contributed by atoms with Gasteiger partial charge >= 0.3 is 0 Å². The maximum absolute atomic E-state index is 11.9. The van der Waals surface area contributed by atoms with Gasteiger partial charge in [0.15, 0.2) is 18.1 Å². The minimum Gasteiger partial charge on any atom is -0.493 e. The summed E-state index contributed by atoms with van der Waals surface area (Å²) >= 11 is 0. The molecule has 2 amide bonds. The third kappa shape index (κ3) is 6.46. The van der Waals surface area contributed by atoms with E-state index >= 15 is 0 Å². The Labute approximate surface area is 169 Å². The second kappa shape index (κ2) is 10.6. The predicted octanol–water partition coefficient (Wildman–Crippen LogP) is 2.26. The van der Waals surface area contributed by atoms with Gasteiger partial charge in [-0.15, -0.1) is 0 Å². The van der Waals surface area contributed by atoms with Crippen LogP contribution in [-0.4, -0.2) is 39.8 Å². The predicted molar refractivity (Wildman–Crippen MR) is 108 cm³/mol. The van der Waals surface area contributed by atoms with E-state index in [-0.39, 0.29) is 6.61 Å². The highest BCUT2D eigenvalue weighted by molar-refractivity contribution is 5.93. The molecule has 2 aromatic carbocycles. The van der Waals surface area contributed by atoms with E-state index in [0.29, 0.717) is 28.6 Å². The fourth-order valence-electron chi connectivity index (χ4n) is 2.43. The lowest BCUT2D eigenvalue weighted by molar-refractivity contribution is -0.128. The molecule has 29 heavy (non-hydrogen) atoms. The molecular weight excluding hydrogens is 376 g/mol. The molecule has 2 rings (SSSR count). The molecule has 8 nitrogen and oxygen atoms in total. The zero-order valence-electron chi connectivity index (χ0n) is 16.8. The molecule has 0 bridgehead atoms. The number of benzene rings is 2. The lowest BCUT2D eigenvalue weighted by Crippen LogP contribution is -2.43. The van der Waals surface area contributed by atoms with E-state index in [1.807, 2.05) is 25.1 Å².